The minimum atomic E-state index is -5.08. The molecule has 3 heterocycles. The van der Waals surface area contributed by atoms with E-state index in [1.807, 2.05) is 6.07 Å². The first-order valence-electron chi connectivity index (χ1n) is 11.3. The lowest BCUT2D eigenvalue weighted by Gasteiger charge is -2.27. The second kappa shape index (κ2) is 9.30. The summed E-state index contributed by atoms with van der Waals surface area (Å²) in [6.45, 7) is 1.74. The van der Waals surface area contributed by atoms with Crippen molar-refractivity contribution >= 4 is 27.8 Å². The number of hydrogen-bond donors (Lipinski definition) is 2. The van der Waals surface area contributed by atoms with Crippen LogP contribution in [0.15, 0.2) is 36.5 Å². The van der Waals surface area contributed by atoms with Crippen LogP contribution >= 0.6 is 0 Å². The number of methoxy groups -OCH3 is 2. The van der Waals surface area contributed by atoms with Gasteiger partial charge in [-0.2, -0.15) is 18.3 Å². The van der Waals surface area contributed by atoms with E-state index in [0.29, 0.717) is 28.4 Å². The van der Waals surface area contributed by atoms with Crippen LogP contribution in [0.1, 0.15) is 24.3 Å². The van der Waals surface area contributed by atoms with Gasteiger partial charge in [0, 0.05) is 27.3 Å². The number of aromatic amines is 1. The topological polar surface area (TPSA) is 98.4 Å². The molecule has 1 fully saturated rings. The Bertz CT molecular complexity index is 1430. The third kappa shape index (κ3) is 4.19. The van der Waals surface area contributed by atoms with Crippen molar-refractivity contribution in [3.8, 4) is 28.5 Å². The molecule has 0 unspecified atom stereocenters. The van der Waals surface area contributed by atoms with Gasteiger partial charge >= 0.3 is 12.1 Å². The number of esters is 1. The van der Waals surface area contributed by atoms with Gasteiger partial charge in [-0.25, -0.2) is 9.78 Å². The number of benzene rings is 2. The molecule has 0 saturated carbocycles. The molecule has 4 aromatic rings. The first-order chi connectivity index (χ1) is 17.3. The highest BCUT2D eigenvalue weighted by Crippen LogP contribution is 2.48. The van der Waals surface area contributed by atoms with Gasteiger partial charge in [-0.15, -0.1) is 0 Å². The van der Waals surface area contributed by atoms with Gasteiger partial charge in [0.1, 0.15) is 5.75 Å². The fraction of sp³-hybridized carbons (Fsp3) is 0.320. The Kier molecular flexibility index (Phi) is 6.17. The van der Waals surface area contributed by atoms with Gasteiger partial charge in [-0.05, 0) is 62.2 Å². The van der Waals surface area contributed by atoms with Gasteiger partial charge in [0.25, 0.3) is 0 Å². The summed E-state index contributed by atoms with van der Waals surface area (Å²) in [4.78, 5) is 16.0. The summed E-state index contributed by atoms with van der Waals surface area (Å²) in [5.74, 6) is -1.08. The molecule has 0 aliphatic carbocycles. The molecule has 11 heteroatoms. The van der Waals surface area contributed by atoms with Crippen LogP contribution in [-0.4, -0.2) is 54.6 Å². The zero-order chi connectivity index (χ0) is 25.4. The fourth-order valence-corrected chi connectivity index (χ4v) is 4.78. The molecule has 2 aromatic heterocycles. The molecule has 0 amide bonds. The van der Waals surface area contributed by atoms with Gasteiger partial charge in [0.2, 0.25) is 0 Å². The number of ether oxygens (including phenoxy) is 3. The highest BCUT2D eigenvalue weighted by Gasteiger charge is 2.41. The van der Waals surface area contributed by atoms with Gasteiger partial charge in [-0.1, -0.05) is 0 Å². The monoisotopic (exact) mass is 500 g/mol. The van der Waals surface area contributed by atoms with Gasteiger partial charge < -0.3 is 19.5 Å². The highest BCUT2D eigenvalue weighted by atomic mass is 19.4. The molecule has 0 atom stereocenters. The van der Waals surface area contributed by atoms with Crippen molar-refractivity contribution in [1.29, 1.82) is 0 Å². The standard InChI is InChI=1S/C25H23F3N4O4/c1-34-18-11-16-20(19(22(18)35-2)13-7-9-29-10-8-13)17-12-30-32-23(17)31-21(16)14-3-5-15(6-4-14)36-24(33)25(26,27)28/h3-6,11-13,29H,7-10H2,1-2H3,(H,30,31,32). The molecule has 188 valence electrons. The van der Waals surface area contributed by atoms with E-state index >= 15 is 0 Å². The second-order valence-electron chi connectivity index (χ2n) is 8.48. The Labute approximate surface area is 203 Å². The number of piperidine rings is 1. The molecule has 36 heavy (non-hydrogen) atoms. The number of pyridine rings is 1. The maximum atomic E-state index is 12.6. The summed E-state index contributed by atoms with van der Waals surface area (Å²) in [5.41, 5.74) is 2.77. The van der Waals surface area contributed by atoms with Crippen molar-refractivity contribution in [3.63, 3.8) is 0 Å². The normalized spacial score (nSPS) is 14.8. The summed E-state index contributed by atoms with van der Waals surface area (Å²) in [7, 11) is 3.19. The molecule has 2 aromatic carbocycles. The van der Waals surface area contributed by atoms with Crippen LogP contribution in [0.3, 0.4) is 0 Å². The Hall–Kier alpha value is -3.86. The average molecular weight is 500 g/mol. The molecule has 0 radical (unpaired) electrons. The van der Waals surface area contributed by atoms with Crippen molar-refractivity contribution in [2.75, 3.05) is 27.3 Å². The summed E-state index contributed by atoms with van der Waals surface area (Å²) in [6, 6.07) is 7.58. The first kappa shape index (κ1) is 23.9. The van der Waals surface area contributed by atoms with E-state index < -0.39 is 12.1 Å². The largest absolute Gasteiger partial charge is 0.493 e. The van der Waals surface area contributed by atoms with Crippen molar-refractivity contribution < 1.29 is 32.2 Å². The van der Waals surface area contributed by atoms with Crippen LogP contribution in [0.25, 0.3) is 33.1 Å². The van der Waals surface area contributed by atoms with Crippen LogP contribution in [0.5, 0.6) is 17.2 Å². The maximum absolute atomic E-state index is 12.6. The third-order valence-corrected chi connectivity index (χ3v) is 6.39. The quantitative estimate of drug-likeness (QED) is 0.302. The van der Waals surface area contributed by atoms with E-state index in [2.05, 4.69) is 20.3 Å². The van der Waals surface area contributed by atoms with E-state index in [-0.39, 0.29) is 11.7 Å². The molecular formula is C25H23F3N4O4. The number of fused-ring (bicyclic) bond motifs is 3. The van der Waals surface area contributed by atoms with E-state index in [1.54, 1.807) is 32.5 Å². The molecule has 5 rings (SSSR count). The van der Waals surface area contributed by atoms with Gasteiger partial charge in [0.15, 0.2) is 17.1 Å². The van der Waals surface area contributed by atoms with E-state index in [0.717, 1.165) is 47.7 Å². The average Bonchev–Trinajstić information content (AvgIpc) is 3.36. The Morgan fingerprint density at radius 1 is 1.06 bits per heavy atom. The molecule has 1 aliphatic heterocycles. The Morgan fingerprint density at radius 3 is 2.42 bits per heavy atom. The lowest BCUT2D eigenvalue weighted by atomic mass is 9.84. The lowest BCUT2D eigenvalue weighted by Crippen LogP contribution is -2.27. The second-order valence-corrected chi connectivity index (χ2v) is 8.48. The number of carbonyl (C=O) groups is 1. The van der Waals surface area contributed by atoms with Crippen molar-refractivity contribution in [2.24, 2.45) is 0 Å². The van der Waals surface area contributed by atoms with Crippen LogP contribution in [-0.2, 0) is 4.79 Å². The van der Waals surface area contributed by atoms with E-state index in [9.17, 15) is 18.0 Å². The Balaban J connectivity index is 1.71. The third-order valence-electron chi connectivity index (χ3n) is 6.39. The van der Waals surface area contributed by atoms with Crippen molar-refractivity contribution in [3.05, 3.63) is 42.1 Å². The minimum Gasteiger partial charge on any atom is -0.493 e. The number of nitrogens with zero attached hydrogens (tertiary/aromatic N) is 2. The number of halogens is 3. The lowest BCUT2D eigenvalue weighted by molar-refractivity contribution is -0.189. The predicted molar refractivity (Wildman–Crippen MR) is 126 cm³/mol. The van der Waals surface area contributed by atoms with Crippen molar-refractivity contribution in [1.82, 2.24) is 20.5 Å². The number of hydrogen-bond acceptors (Lipinski definition) is 7. The van der Waals surface area contributed by atoms with Crippen molar-refractivity contribution in [2.45, 2.75) is 24.9 Å². The van der Waals surface area contributed by atoms with Gasteiger partial charge in [0.05, 0.1) is 26.1 Å². The predicted octanol–water partition coefficient (Wildman–Crippen LogP) is 4.73. The van der Waals surface area contributed by atoms with Crippen LogP contribution in [0, 0.1) is 0 Å². The summed E-state index contributed by atoms with van der Waals surface area (Å²) in [6.07, 6.45) is -1.53. The van der Waals surface area contributed by atoms with Gasteiger partial charge in [-0.3, -0.25) is 5.10 Å². The zero-order valence-electron chi connectivity index (χ0n) is 19.5. The fourth-order valence-electron chi connectivity index (χ4n) is 4.78. The van der Waals surface area contributed by atoms with Crippen LogP contribution in [0.4, 0.5) is 13.2 Å². The number of nitrogens with one attached hydrogen (secondary N) is 2. The first-order valence-corrected chi connectivity index (χ1v) is 11.3. The Morgan fingerprint density at radius 2 is 1.78 bits per heavy atom. The van der Waals surface area contributed by atoms with E-state index in [4.69, 9.17) is 14.5 Å². The molecule has 0 bridgehead atoms. The molecular weight excluding hydrogens is 477 g/mol. The number of rotatable bonds is 5. The van der Waals surface area contributed by atoms with Crippen LogP contribution < -0.4 is 19.5 Å². The molecule has 1 aliphatic rings. The number of H-pyrrole nitrogens is 1. The SMILES string of the molecule is COc1cc2c(-c3ccc(OC(=O)C(F)(F)F)cc3)nc3[nH]ncc3c2c(C2CCNCC2)c1OC. The summed E-state index contributed by atoms with van der Waals surface area (Å²) in [5, 5.41) is 13.1. The maximum Gasteiger partial charge on any atom is 0.491 e. The number of alkyl halides is 3. The number of aromatic nitrogens is 3. The molecule has 0 spiro atoms. The highest BCUT2D eigenvalue weighted by molar-refractivity contribution is 6.13. The smallest absolute Gasteiger partial charge is 0.491 e. The summed E-state index contributed by atoms with van der Waals surface area (Å²) >= 11 is 0. The van der Waals surface area contributed by atoms with E-state index in [1.165, 1.54) is 12.1 Å². The van der Waals surface area contributed by atoms with Crippen LogP contribution in [0.2, 0.25) is 0 Å². The summed E-state index contributed by atoms with van der Waals surface area (Å²) < 4.78 is 53.7. The zero-order valence-corrected chi connectivity index (χ0v) is 19.5. The minimum absolute atomic E-state index is 0.205. The molecule has 1 saturated heterocycles. The molecule has 8 nitrogen and oxygen atoms in total. The molecule has 2 N–H and O–H groups in total. The number of carbonyl (C=O) groups excluding carboxylic acids is 1.